The summed E-state index contributed by atoms with van der Waals surface area (Å²) in [4.78, 5) is 24.8. The Labute approximate surface area is 166 Å². The predicted octanol–water partition coefficient (Wildman–Crippen LogP) is 4.24. The summed E-state index contributed by atoms with van der Waals surface area (Å²) in [6, 6.07) is 13.0. The van der Waals surface area contributed by atoms with Crippen molar-refractivity contribution in [3.05, 3.63) is 59.2 Å². The molecule has 5 heteroatoms. The van der Waals surface area contributed by atoms with Crippen molar-refractivity contribution in [2.75, 3.05) is 13.2 Å². The van der Waals surface area contributed by atoms with Gasteiger partial charge in [-0.2, -0.15) is 0 Å². The minimum Gasteiger partial charge on any atom is -0.486 e. The molecule has 0 aliphatic carbocycles. The average Bonchev–Trinajstić information content (AvgIpc) is 2.70. The van der Waals surface area contributed by atoms with Crippen LogP contribution in [0.5, 0.6) is 11.5 Å². The molecule has 3 rings (SSSR count). The molecule has 148 valence electrons. The number of nitrogens with one attached hydrogen (secondary N) is 1. The Bertz CT molecular complexity index is 842. The summed E-state index contributed by atoms with van der Waals surface area (Å²) in [5.41, 5.74) is 2.72. The van der Waals surface area contributed by atoms with Crippen LogP contribution in [0.3, 0.4) is 0 Å². The third-order valence-electron chi connectivity index (χ3n) is 4.86. The van der Waals surface area contributed by atoms with E-state index in [1.807, 2.05) is 49.4 Å². The van der Waals surface area contributed by atoms with Crippen LogP contribution < -0.4 is 14.8 Å². The number of hydrogen-bond donors (Lipinski definition) is 1. The molecular weight excluding hydrogens is 354 g/mol. The minimum absolute atomic E-state index is 0.0180. The van der Waals surface area contributed by atoms with E-state index in [4.69, 9.17) is 9.47 Å². The summed E-state index contributed by atoms with van der Waals surface area (Å²) in [6.07, 6.45) is 0.362. The molecule has 1 aliphatic rings. The Kier molecular flexibility index (Phi) is 6.34. The molecule has 28 heavy (non-hydrogen) atoms. The summed E-state index contributed by atoms with van der Waals surface area (Å²) in [5.74, 6) is 1.48. The summed E-state index contributed by atoms with van der Waals surface area (Å²) in [6.45, 7) is 7.16. The molecule has 1 atom stereocenters. The van der Waals surface area contributed by atoms with Gasteiger partial charge in [0.2, 0.25) is 5.91 Å². The van der Waals surface area contributed by atoms with Crippen molar-refractivity contribution < 1.29 is 19.1 Å². The van der Waals surface area contributed by atoms with Gasteiger partial charge in [-0.25, -0.2) is 0 Å². The van der Waals surface area contributed by atoms with Crippen molar-refractivity contribution in [3.8, 4) is 11.5 Å². The van der Waals surface area contributed by atoms with Crippen molar-refractivity contribution >= 4 is 11.7 Å². The SMILES string of the molecule is Cc1ccc(C(=O)CCC(=O)NC(c2ccc3c(c2)OCCO3)C(C)C)cc1. The second-order valence-electron chi connectivity index (χ2n) is 7.48. The molecule has 2 aromatic rings. The highest BCUT2D eigenvalue weighted by Crippen LogP contribution is 2.34. The Morgan fingerprint density at radius 3 is 2.32 bits per heavy atom. The first kappa shape index (κ1) is 19.9. The van der Waals surface area contributed by atoms with Crippen molar-refractivity contribution in [1.29, 1.82) is 0 Å². The van der Waals surface area contributed by atoms with Crippen molar-refractivity contribution in [1.82, 2.24) is 5.32 Å². The van der Waals surface area contributed by atoms with Gasteiger partial charge in [-0.1, -0.05) is 49.7 Å². The van der Waals surface area contributed by atoms with Gasteiger partial charge in [-0.15, -0.1) is 0 Å². The van der Waals surface area contributed by atoms with E-state index in [0.29, 0.717) is 24.5 Å². The van der Waals surface area contributed by atoms with Crippen LogP contribution in [0.1, 0.15) is 54.2 Å². The molecule has 0 radical (unpaired) electrons. The zero-order valence-corrected chi connectivity index (χ0v) is 16.7. The van der Waals surface area contributed by atoms with Crippen molar-refractivity contribution in [2.24, 2.45) is 5.92 Å². The van der Waals surface area contributed by atoms with E-state index in [-0.39, 0.29) is 36.5 Å². The first-order chi connectivity index (χ1) is 13.4. The van der Waals surface area contributed by atoms with Crippen LogP contribution in [0.2, 0.25) is 0 Å². The molecule has 1 N–H and O–H groups in total. The Morgan fingerprint density at radius 2 is 1.64 bits per heavy atom. The molecule has 0 spiro atoms. The van der Waals surface area contributed by atoms with Crippen LogP contribution in [0.25, 0.3) is 0 Å². The average molecular weight is 381 g/mol. The number of ketones is 1. The first-order valence-electron chi connectivity index (χ1n) is 9.73. The van der Waals surface area contributed by atoms with Crippen LogP contribution >= 0.6 is 0 Å². The number of aryl methyl sites for hydroxylation is 1. The van der Waals surface area contributed by atoms with Crippen LogP contribution in [-0.2, 0) is 4.79 Å². The van der Waals surface area contributed by atoms with Gasteiger partial charge in [0.1, 0.15) is 13.2 Å². The maximum atomic E-state index is 12.5. The van der Waals surface area contributed by atoms with Crippen LogP contribution in [0, 0.1) is 12.8 Å². The zero-order chi connectivity index (χ0) is 20.1. The van der Waals surface area contributed by atoms with Gasteiger partial charge in [0, 0.05) is 18.4 Å². The van der Waals surface area contributed by atoms with Gasteiger partial charge in [0.05, 0.1) is 6.04 Å². The second kappa shape index (κ2) is 8.91. The lowest BCUT2D eigenvalue weighted by Gasteiger charge is -2.25. The fourth-order valence-electron chi connectivity index (χ4n) is 3.24. The predicted molar refractivity (Wildman–Crippen MR) is 108 cm³/mol. The number of hydrogen-bond acceptors (Lipinski definition) is 4. The summed E-state index contributed by atoms with van der Waals surface area (Å²) in [5, 5.41) is 3.07. The van der Waals surface area contributed by atoms with Gasteiger partial charge >= 0.3 is 0 Å². The fourth-order valence-corrected chi connectivity index (χ4v) is 3.24. The van der Waals surface area contributed by atoms with Crippen molar-refractivity contribution in [2.45, 2.75) is 39.7 Å². The number of amides is 1. The Morgan fingerprint density at radius 1 is 0.964 bits per heavy atom. The topological polar surface area (TPSA) is 64.6 Å². The van der Waals surface area contributed by atoms with E-state index in [1.54, 1.807) is 0 Å². The fraction of sp³-hybridized carbons (Fsp3) is 0.391. The minimum atomic E-state index is -0.155. The number of carbonyl (C=O) groups excluding carboxylic acids is 2. The lowest BCUT2D eigenvalue weighted by atomic mass is 9.95. The number of rotatable bonds is 7. The third-order valence-corrected chi connectivity index (χ3v) is 4.86. The van der Waals surface area contributed by atoms with E-state index in [2.05, 4.69) is 19.2 Å². The smallest absolute Gasteiger partial charge is 0.220 e. The molecule has 2 aromatic carbocycles. The lowest BCUT2D eigenvalue weighted by Crippen LogP contribution is -2.32. The number of fused-ring (bicyclic) bond motifs is 1. The van der Waals surface area contributed by atoms with Gasteiger partial charge in [-0.3, -0.25) is 9.59 Å². The standard InChI is InChI=1S/C23H27NO4/c1-15(2)23(18-8-10-20-21(14-18)28-13-12-27-20)24-22(26)11-9-19(25)17-6-4-16(3)5-7-17/h4-8,10,14-15,23H,9,11-13H2,1-3H3,(H,24,26). The monoisotopic (exact) mass is 381 g/mol. The molecule has 1 aliphatic heterocycles. The van der Waals surface area contributed by atoms with Gasteiger partial charge in [-0.05, 0) is 30.5 Å². The number of carbonyl (C=O) groups is 2. The Balaban J connectivity index is 1.61. The number of ether oxygens (including phenoxy) is 2. The van der Waals surface area contributed by atoms with Crippen LogP contribution in [0.15, 0.2) is 42.5 Å². The number of Topliss-reactive ketones (excluding diaryl/α,β-unsaturated/α-hetero) is 1. The lowest BCUT2D eigenvalue weighted by molar-refractivity contribution is -0.122. The molecule has 0 fully saturated rings. The molecule has 1 unspecified atom stereocenters. The normalized spacial score (nSPS) is 13.9. The molecule has 1 heterocycles. The summed E-state index contributed by atoms with van der Waals surface area (Å²) >= 11 is 0. The first-order valence-corrected chi connectivity index (χ1v) is 9.73. The van der Waals surface area contributed by atoms with Crippen LogP contribution in [0.4, 0.5) is 0 Å². The molecular formula is C23H27NO4. The zero-order valence-electron chi connectivity index (χ0n) is 16.7. The maximum Gasteiger partial charge on any atom is 0.220 e. The van der Waals surface area contributed by atoms with E-state index in [0.717, 1.165) is 16.9 Å². The molecule has 0 aromatic heterocycles. The maximum absolute atomic E-state index is 12.5. The van der Waals surface area contributed by atoms with Gasteiger partial charge in [0.15, 0.2) is 17.3 Å². The molecule has 0 bridgehead atoms. The summed E-state index contributed by atoms with van der Waals surface area (Å²) < 4.78 is 11.2. The molecule has 0 saturated carbocycles. The highest BCUT2D eigenvalue weighted by Gasteiger charge is 2.22. The van der Waals surface area contributed by atoms with E-state index in [1.165, 1.54) is 0 Å². The number of benzene rings is 2. The molecule has 0 saturated heterocycles. The third kappa shape index (κ3) is 4.91. The quantitative estimate of drug-likeness (QED) is 0.729. The highest BCUT2D eigenvalue weighted by atomic mass is 16.6. The second-order valence-corrected chi connectivity index (χ2v) is 7.48. The largest absolute Gasteiger partial charge is 0.486 e. The molecule has 5 nitrogen and oxygen atoms in total. The Hall–Kier alpha value is -2.82. The van der Waals surface area contributed by atoms with E-state index < -0.39 is 0 Å². The van der Waals surface area contributed by atoms with E-state index >= 15 is 0 Å². The van der Waals surface area contributed by atoms with Crippen LogP contribution in [-0.4, -0.2) is 24.9 Å². The highest BCUT2D eigenvalue weighted by molar-refractivity contribution is 5.98. The molecule has 1 amide bonds. The van der Waals surface area contributed by atoms with Crippen molar-refractivity contribution in [3.63, 3.8) is 0 Å². The van der Waals surface area contributed by atoms with Gasteiger partial charge in [0.25, 0.3) is 0 Å². The summed E-state index contributed by atoms with van der Waals surface area (Å²) in [7, 11) is 0. The van der Waals surface area contributed by atoms with E-state index in [9.17, 15) is 9.59 Å². The van der Waals surface area contributed by atoms with Gasteiger partial charge < -0.3 is 14.8 Å².